The first-order valence-corrected chi connectivity index (χ1v) is 10.6. The molecule has 0 spiro atoms. The minimum absolute atomic E-state index is 0.128. The molecule has 0 saturated carbocycles. The van der Waals surface area contributed by atoms with E-state index in [1.807, 2.05) is 18.4 Å². The Labute approximate surface area is 168 Å². The molecule has 0 unspecified atom stereocenters. The van der Waals surface area contributed by atoms with Gasteiger partial charge in [-0.3, -0.25) is 4.79 Å². The zero-order valence-electron chi connectivity index (χ0n) is 16.0. The topological polar surface area (TPSA) is 75.6 Å². The molecule has 0 radical (unpaired) electrons. The summed E-state index contributed by atoms with van der Waals surface area (Å²) in [7, 11) is 0. The van der Waals surface area contributed by atoms with Crippen molar-refractivity contribution in [3.63, 3.8) is 0 Å². The third-order valence-corrected chi connectivity index (χ3v) is 6.60. The number of nitrogens with one attached hydrogen (secondary N) is 2. The van der Waals surface area contributed by atoms with Crippen LogP contribution in [0.4, 0.5) is 0 Å². The van der Waals surface area contributed by atoms with Crippen LogP contribution in [0.5, 0.6) is 11.5 Å². The number of phenols is 1. The molecule has 28 heavy (non-hydrogen) atoms. The number of carbonyl (C=O) groups excluding carboxylic acids is 1. The smallest absolute Gasteiger partial charge is 0.232 e. The summed E-state index contributed by atoms with van der Waals surface area (Å²) in [6, 6.07) is 5.27. The highest BCUT2D eigenvalue weighted by molar-refractivity contribution is 7.11. The second-order valence-electron chi connectivity index (χ2n) is 7.50. The van der Waals surface area contributed by atoms with E-state index in [0.29, 0.717) is 29.2 Å². The third-order valence-electron chi connectivity index (χ3n) is 5.64. The van der Waals surface area contributed by atoms with Crippen molar-refractivity contribution in [2.24, 2.45) is 0 Å². The summed E-state index contributed by atoms with van der Waals surface area (Å²) >= 11 is 1.57. The number of rotatable bonds is 5. The molecular formula is C21H26N2O4S+2. The fraction of sp³-hybridized carbons (Fsp3) is 0.381. The highest BCUT2D eigenvalue weighted by Crippen LogP contribution is 2.39. The maximum absolute atomic E-state index is 12.8. The zero-order chi connectivity index (χ0) is 19.7. The largest absolute Gasteiger partial charge is 0.507 e. The summed E-state index contributed by atoms with van der Waals surface area (Å²) in [5, 5.41) is 21.6. The van der Waals surface area contributed by atoms with E-state index in [-0.39, 0.29) is 18.1 Å². The Bertz CT molecular complexity index is 913. The Hall–Kier alpha value is -2.19. The van der Waals surface area contributed by atoms with Crippen molar-refractivity contribution in [1.29, 1.82) is 0 Å². The first-order chi connectivity index (χ1) is 13.6. The average molecular weight is 403 g/mol. The van der Waals surface area contributed by atoms with Crippen LogP contribution < -0.4 is 14.5 Å². The van der Waals surface area contributed by atoms with E-state index in [4.69, 9.17) is 9.84 Å². The van der Waals surface area contributed by atoms with E-state index in [1.165, 1.54) is 9.80 Å². The van der Waals surface area contributed by atoms with Gasteiger partial charge in [0.1, 0.15) is 45.0 Å². The summed E-state index contributed by atoms with van der Waals surface area (Å²) < 4.78 is 5.97. The lowest BCUT2D eigenvalue weighted by atomic mass is 10.0. The summed E-state index contributed by atoms with van der Waals surface area (Å²) in [5.74, 6) is 0.872. The number of aryl methyl sites for hydroxylation is 1. The van der Waals surface area contributed by atoms with Gasteiger partial charge in [-0.05, 0) is 36.1 Å². The summed E-state index contributed by atoms with van der Waals surface area (Å²) in [6.07, 6.45) is 1.80. The standard InChI is InChI=1S/C21H24N2O4S/c1-14-4-11-28-19(14)12-18-20(26)15-2-3-17(25)16(21(15)27-18)13-23-7-5-22(6-8-23)9-10-24/h2-4,11-12,24-25H,5-10,13H2,1H3/p+2/b18-12+. The molecule has 7 heteroatoms. The monoisotopic (exact) mass is 402 g/mol. The lowest BCUT2D eigenvalue weighted by Crippen LogP contribution is -3.27. The van der Waals surface area contributed by atoms with Gasteiger partial charge in [0.25, 0.3) is 0 Å². The molecule has 2 aromatic rings. The molecule has 1 saturated heterocycles. The number of ketones is 1. The van der Waals surface area contributed by atoms with Crippen LogP contribution in [0.15, 0.2) is 29.3 Å². The Morgan fingerprint density at radius 1 is 1.18 bits per heavy atom. The number of phenolic OH excluding ortho intramolecular Hbond substituents is 1. The molecule has 148 valence electrons. The molecule has 2 aliphatic heterocycles. The van der Waals surface area contributed by atoms with Gasteiger partial charge < -0.3 is 24.7 Å². The van der Waals surface area contributed by atoms with Crippen molar-refractivity contribution in [3.8, 4) is 11.5 Å². The van der Waals surface area contributed by atoms with E-state index in [1.54, 1.807) is 29.5 Å². The van der Waals surface area contributed by atoms with Gasteiger partial charge in [-0.2, -0.15) is 0 Å². The Morgan fingerprint density at radius 2 is 1.93 bits per heavy atom. The molecule has 3 heterocycles. The molecule has 6 nitrogen and oxygen atoms in total. The van der Waals surface area contributed by atoms with Crippen LogP contribution in [0.3, 0.4) is 0 Å². The normalized spacial score (nSPS) is 23.1. The summed E-state index contributed by atoms with van der Waals surface area (Å²) in [5.41, 5.74) is 2.34. The van der Waals surface area contributed by atoms with E-state index >= 15 is 0 Å². The minimum Gasteiger partial charge on any atom is -0.507 e. The van der Waals surface area contributed by atoms with Gasteiger partial charge in [0.2, 0.25) is 5.78 Å². The Morgan fingerprint density at radius 3 is 2.61 bits per heavy atom. The second-order valence-corrected chi connectivity index (χ2v) is 8.45. The third kappa shape index (κ3) is 3.71. The van der Waals surface area contributed by atoms with E-state index in [9.17, 15) is 9.90 Å². The van der Waals surface area contributed by atoms with Crippen molar-refractivity contribution in [3.05, 3.63) is 50.9 Å². The van der Waals surface area contributed by atoms with Crippen LogP contribution in [0.2, 0.25) is 0 Å². The molecule has 0 bridgehead atoms. The fourth-order valence-corrected chi connectivity index (χ4v) is 4.76. The first kappa shape index (κ1) is 19.1. The molecular weight excluding hydrogens is 376 g/mol. The van der Waals surface area contributed by atoms with Crippen LogP contribution in [-0.4, -0.2) is 55.3 Å². The van der Waals surface area contributed by atoms with Crippen molar-refractivity contribution < 1.29 is 29.5 Å². The first-order valence-electron chi connectivity index (χ1n) is 9.68. The van der Waals surface area contributed by atoms with Gasteiger partial charge in [-0.1, -0.05) is 0 Å². The molecule has 1 fully saturated rings. The highest BCUT2D eigenvalue weighted by Gasteiger charge is 2.33. The number of piperazine rings is 1. The predicted molar refractivity (Wildman–Crippen MR) is 107 cm³/mol. The second kappa shape index (κ2) is 8.05. The summed E-state index contributed by atoms with van der Waals surface area (Å²) in [4.78, 5) is 16.6. The van der Waals surface area contributed by atoms with Gasteiger partial charge in [0.15, 0.2) is 11.5 Å². The van der Waals surface area contributed by atoms with Gasteiger partial charge in [-0.15, -0.1) is 11.3 Å². The summed E-state index contributed by atoms with van der Waals surface area (Å²) in [6.45, 7) is 7.55. The molecule has 4 rings (SSSR count). The van der Waals surface area contributed by atoms with Gasteiger partial charge >= 0.3 is 0 Å². The van der Waals surface area contributed by atoms with Gasteiger partial charge in [0.05, 0.1) is 17.7 Å². The number of Topliss-reactive ketones (excluding diaryl/α,β-unsaturated/α-hetero) is 1. The fourth-order valence-electron chi connectivity index (χ4n) is 3.91. The molecule has 0 atom stereocenters. The number of benzene rings is 1. The number of quaternary nitrogens is 2. The number of ether oxygens (including phenoxy) is 1. The quantitative estimate of drug-likeness (QED) is 0.516. The molecule has 4 N–H and O–H groups in total. The number of aliphatic hydroxyl groups excluding tert-OH is 1. The number of hydrogen-bond donors (Lipinski definition) is 4. The zero-order valence-corrected chi connectivity index (χ0v) is 16.8. The maximum atomic E-state index is 12.8. The van der Waals surface area contributed by atoms with Crippen molar-refractivity contribution >= 4 is 23.2 Å². The van der Waals surface area contributed by atoms with Crippen molar-refractivity contribution in [2.75, 3.05) is 39.3 Å². The molecule has 1 aromatic heterocycles. The highest BCUT2D eigenvalue weighted by atomic mass is 32.1. The Balaban J connectivity index is 1.55. The number of hydrogen-bond acceptors (Lipinski definition) is 5. The van der Waals surface area contributed by atoms with Crippen molar-refractivity contribution in [1.82, 2.24) is 0 Å². The predicted octanol–water partition coefficient (Wildman–Crippen LogP) is -0.346. The number of carbonyl (C=O) groups is 1. The molecule has 0 amide bonds. The van der Waals surface area contributed by atoms with Crippen LogP contribution in [0, 0.1) is 6.92 Å². The average Bonchev–Trinajstić information content (AvgIpc) is 3.23. The van der Waals surface area contributed by atoms with Gasteiger partial charge in [0, 0.05) is 11.0 Å². The maximum Gasteiger partial charge on any atom is 0.232 e. The SMILES string of the molecule is Cc1ccsc1/C=C1/Oc2c(ccc(O)c2C[NH+]2CC[NH+](CCO)CC2)C1=O. The number of thiophene rings is 1. The lowest BCUT2D eigenvalue weighted by Gasteiger charge is -2.29. The minimum atomic E-state index is -0.128. The molecule has 0 aliphatic carbocycles. The van der Waals surface area contributed by atoms with Crippen LogP contribution in [0.1, 0.15) is 26.4 Å². The molecule has 1 aromatic carbocycles. The van der Waals surface area contributed by atoms with Crippen LogP contribution in [0.25, 0.3) is 6.08 Å². The van der Waals surface area contributed by atoms with E-state index in [0.717, 1.165) is 43.2 Å². The van der Waals surface area contributed by atoms with Crippen molar-refractivity contribution in [2.45, 2.75) is 13.5 Å². The Kier molecular flexibility index (Phi) is 5.50. The van der Waals surface area contributed by atoms with Crippen LogP contribution >= 0.6 is 11.3 Å². The molecule has 2 aliphatic rings. The number of fused-ring (bicyclic) bond motifs is 1. The number of aromatic hydroxyl groups is 1. The van der Waals surface area contributed by atoms with Crippen LogP contribution in [-0.2, 0) is 6.54 Å². The van der Waals surface area contributed by atoms with E-state index in [2.05, 4.69) is 0 Å². The number of aliphatic hydroxyl groups is 1. The lowest BCUT2D eigenvalue weighted by molar-refractivity contribution is -1.02. The number of allylic oxidation sites excluding steroid dienone is 1. The van der Waals surface area contributed by atoms with E-state index < -0.39 is 0 Å². The van der Waals surface area contributed by atoms with Gasteiger partial charge in [-0.25, -0.2) is 0 Å².